The number of hydrogen-bond acceptors (Lipinski definition) is 3. The van der Waals surface area contributed by atoms with Crippen molar-refractivity contribution in [1.82, 2.24) is 9.88 Å². The standard InChI is InChI=1S/C17H25N3/c1-5-18-17-15(12-20(4)11-13(2)3)10-14-8-6-7-9-16(14)19-17/h6-10,13H,5,11-12H2,1-4H3,(H,18,19). The van der Waals surface area contributed by atoms with Crippen molar-refractivity contribution >= 4 is 16.7 Å². The second kappa shape index (κ2) is 6.71. The van der Waals surface area contributed by atoms with E-state index in [1.807, 2.05) is 6.07 Å². The van der Waals surface area contributed by atoms with E-state index < -0.39 is 0 Å². The highest BCUT2D eigenvalue weighted by Gasteiger charge is 2.09. The summed E-state index contributed by atoms with van der Waals surface area (Å²) in [6, 6.07) is 10.6. The third-order valence-electron chi connectivity index (χ3n) is 3.26. The zero-order valence-corrected chi connectivity index (χ0v) is 13.0. The molecule has 0 saturated carbocycles. The minimum atomic E-state index is 0.677. The average Bonchev–Trinajstić information content (AvgIpc) is 2.38. The Bertz CT molecular complexity index is 563. The van der Waals surface area contributed by atoms with Gasteiger partial charge < -0.3 is 10.2 Å². The van der Waals surface area contributed by atoms with Gasteiger partial charge in [-0.25, -0.2) is 4.98 Å². The molecule has 1 N–H and O–H groups in total. The Morgan fingerprint density at radius 1 is 1.25 bits per heavy atom. The van der Waals surface area contributed by atoms with Gasteiger partial charge in [-0.3, -0.25) is 0 Å². The summed E-state index contributed by atoms with van der Waals surface area (Å²) in [5.41, 5.74) is 2.33. The topological polar surface area (TPSA) is 28.2 Å². The summed E-state index contributed by atoms with van der Waals surface area (Å²) in [4.78, 5) is 7.12. The lowest BCUT2D eigenvalue weighted by molar-refractivity contribution is 0.288. The molecule has 3 heteroatoms. The molecule has 3 nitrogen and oxygen atoms in total. The zero-order valence-electron chi connectivity index (χ0n) is 13.0. The SMILES string of the molecule is CCNc1nc2ccccc2cc1CN(C)CC(C)C. The molecule has 1 aromatic carbocycles. The number of anilines is 1. The van der Waals surface area contributed by atoms with E-state index in [-0.39, 0.29) is 0 Å². The summed E-state index contributed by atoms with van der Waals surface area (Å²) < 4.78 is 0. The first-order valence-electron chi connectivity index (χ1n) is 7.41. The molecule has 0 fully saturated rings. The fraction of sp³-hybridized carbons (Fsp3) is 0.471. The summed E-state index contributed by atoms with van der Waals surface area (Å²) in [7, 11) is 2.17. The minimum Gasteiger partial charge on any atom is -0.370 e. The Morgan fingerprint density at radius 2 is 2.00 bits per heavy atom. The van der Waals surface area contributed by atoms with Crippen molar-refractivity contribution < 1.29 is 0 Å². The van der Waals surface area contributed by atoms with Crippen LogP contribution >= 0.6 is 0 Å². The van der Waals surface area contributed by atoms with Crippen molar-refractivity contribution in [2.24, 2.45) is 5.92 Å². The molecule has 0 saturated heterocycles. The van der Waals surface area contributed by atoms with E-state index in [1.54, 1.807) is 0 Å². The van der Waals surface area contributed by atoms with Gasteiger partial charge in [0.15, 0.2) is 0 Å². The molecule has 0 atom stereocenters. The number of benzene rings is 1. The van der Waals surface area contributed by atoms with Crippen LogP contribution in [0.25, 0.3) is 10.9 Å². The molecule has 20 heavy (non-hydrogen) atoms. The van der Waals surface area contributed by atoms with Crippen LogP contribution in [0.4, 0.5) is 5.82 Å². The largest absolute Gasteiger partial charge is 0.370 e. The lowest BCUT2D eigenvalue weighted by Gasteiger charge is -2.21. The summed E-state index contributed by atoms with van der Waals surface area (Å²) in [6.45, 7) is 9.53. The Morgan fingerprint density at radius 3 is 2.70 bits per heavy atom. The highest BCUT2D eigenvalue weighted by Crippen LogP contribution is 2.21. The number of hydrogen-bond donors (Lipinski definition) is 1. The second-order valence-electron chi connectivity index (χ2n) is 5.81. The lowest BCUT2D eigenvalue weighted by atomic mass is 10.1. The molecule has 2 aromatic rings. The van der Waals surface area contributed by atoms with Crippen LogP contribution in [0.2, 0.25) is 0 Å². The van der Waals surface area contributed by atoms with E-state index in [2.05, 4.69) is 62.3 Å². The van der Waals surface area contributed by atoms with Crippen LogP contribution in [0.1, 0.15) is 26.3 Å². The van der Waals surface area contributed by atoms with Crippen molar-refractivity contribution in [1.29, 1.82) is 0 Å². The summed E-state index contributed by atoms with van der Waals surface area (Å²) >= 11 is 0. The van der Waals surface area contributed by atoms with Gasteiger partial charge in [-0.05, 0) is 32.0 Å². The number of pyridine rings is 1. The number of fused-ring (bicyclic) bond motifs is 1. The number of nitrogens with one attached hydrogen (secondary N) is 1. The van der Waals surface area contributed by atoms with Gasteiger partial charge in [0.2, 0.25) is 0 Å². The smallest absolute Gasteiger partial charge is 0.131 e. The Kier molecular flexibility index (Phi) is 4.96. The van der Waals surface area contributed by atoms with Gasteiger partial charge in [0, 0.05) is 30.6 Å². The van der Waals surface area contributed by atoms with E-state index in [0.717, 1.165) is 31.0 Å². The highest BCUT2D eigenvalue weighted by atomic mass is 15.1. The number of rotatable bonds is 6. The Balaban J connectivity index is 2.31. The van der Waals surface area contributed by atoms with Gasteiger partial charge in [-0.2, -0.15) is 0 Å². The number of para-hydroxylation sites is 1. The third-order valence-corrected chi connectivity index (χ3v) is 3.26. The molecule has 0 radical (unpaired) electrons. The molecule has 0 aliphatic rings. The molecule has 0 bridgehead atoms. The molecule has 1 heterocycles. The van der Waals surface area contributed by atoms with Crippen molar-refractivity contribution in [2.45, 2.75) is 27.3 Å². The molecule has 1 aromatic heterocycles. The molecule has 0 amide bonds. The van der Waals surface area contributed by atoms with E-state index in [1.165, 1.54) is 10.9 Å². The molecule has 108 valence electrons. The van der Waals surface area contributed by atoms with Gasteiger partial charge in [-0.1, -0.05) is 32.0 Å². The number of aromatic nitrogens is 1. The van der Waals surface area contributed by atoms with Gasteiger partial charge >= 0.3 is 0 Å². The van der Waals surface area contributed by atoms with Crippen molar-refractivity contribution in [3.8, 4) is 0 Å². The second-order valence-corrected chi connectivity index (χ2v) is 5.81. The van der Waals surface area contributed by atoms with Gasteiger partial charge in [0.05, 0.1) is 5.52 Å². The highest BCUT2D eigenvalue weighted by molar-refractivity contribution is 5.81. The summed E-state index contributed by atoms with van der Waals surface area (Å²) in [5.74, 6) is 1.69. The molecule has 0 aliphatic heterocycles. The predicted octanol–water partition coefficient (Wildman–Crippen LogP) is 3.75. The molecular formula is C17H25N3. The fourth-order valence-electron chi connectivity index (χ4n) is 2.58. The third kappa shape index (κ3) is 3.70. The maximum absolute atomic E-state index is 4.76. The van der Waals surface area contributed by atoms with Crippen LogP contribution in [-0.2, 0) is 6.54 Å². The van der Waals surface area contributed by atoms with Crippen LogP contribution in [0.5, 0.6) is 0 Å². The maximum Gasteiger partial charge on any atom is 0.131 e. The van der Waals surface area contributed by atoms with Crippen molar-refractivity contribution in [2.75, 3.05) is 25.5 Å². The monoisotopic (exact) mass is 271 g/mol. The van der Waals surface area contributed by atoms with E-state index in [9.17, 15) is 0 Å². The Hall–Kier alpha value is -1.61. The predicted molar refractivity (Wildman–Crippen MR) is 87.1 cm³/mol. The molecule has 0 unspecified atom stereocenters. The first kappa shape index (κ1) is 14.8. The van der Waals surface area contributed by atoms with Crippen LogP contribution in [0.3, 0.4) is 0 Å². The normalized spacial score (nSPS) is 11.5. The van der Waals surface area contributed by atoms with E-state index in [0.29, 0.717) is 5.92 Å². The summed E-state index contributed by atoms with van der Waals surface area (Å²) in [6.07, 6.45) is 0. The first-order chi connectivity index (χ1) is 9.60. The molecule has 0 aliphatic carbocycles. The van der Waals surface area contributed by atoms with Crippen LogP contribution in [0, 0.1) is 5.92 Å². The maximum atomic E-state index is 4.76. The minimum absolute atomic E-state index is 0.677. The van der Waals surface area contributed by atoms with E-state index >= 15 is 0 Å². The number of nitrogens with zero attached hydrogens (tertiary/aromatic N) is 2. The lowest BCUT2D eigenvalue weighted by Crippen LogP contribution is -2.23. The molecule has 2 rings (SSSR count). The zero-order chi connectivity index (χ0) is 14.5. The summed E-state index contributed by atoms with van der Waals surface area (Å²) in [5, 5.41) is 4.60. The fourth-order valence-corrected chi connectivity index (χ4v) is 2.58. The molecule has 0 spiro atoms. The first-order valence-corrected chi connectivity index (χ1v) is 7.41. The van der Waals surface area contributed by atoms with Crippen molar-refractivity contribution in [3.63, 3.8) is 0 Å². The average molecular weight is 271 g/mol. The quantitative estimate of drug-likeness (QED) is 0.867. The van der Waals surface area contributed by atoms with Crippen LogP contribution in [-0.4, -0.2) is 30.0 Å². The van der Waals surface area contributed by atoms with Gasteiger partial charge in [0.25, 0.3) is 0 Å². The van der Waals surface area contributed by atoms with Gasteiger partial charge in [-0.15, -0.1) is 0 Å². The van der Waals surface area contributed by atoms with E-state index in [4.69, 9.17) is 4.98 Å². The molecular weight excluding hydrogens is 246 g/mol. The van der Waals surface area contributed by atoms with Crippen LogP contribution in [0.15, 0.2) is 30.3 Å². The van der Waals surface area contributed by atoms with Crippen molar-refractivity contribution in [3.05, 3.63) is 35.9 Å². The van der Waals surface area contributed by atoms with Crippen LogP contribution < -0.4 is 5.32 Å². The Labute approximate surface area is 122 Å². The van der Waals surface area contributed by atoms with Gasteiger partial charge in [0.1, 0.15) is 5.82 Å².